The lowest BCUT2D eigenvalue weighted by Crippen LogP contribution is -2.17. The summed E-state index contributed by atoms with van der Waals surface area (Å²) < 4.78 is 11.0. The summed E-state index contributed by atoms with van der Waals surface area (Å²) in [4.78, 5) is 0. The van der Waals surface area contributed by atoms with Crippen molar-refractivity contribution in [2.75, 3.05) is 18.5 Å². The molecule has 0 aliphatic carbocycles. The van der Waals surface area contributed by atoms with Crippen LogP contribution in [0.4, 0.5) is 5.69 Å². The SMILES string of the molecule is C=CCCC(C)Nc1cc2c(cc1Cl)OCCO2. The number of allylic oxidation sites excluding steroid dienone is 1. The molecule has 1 N–H and O–H groups in total. The number of fused-ring (bicyclic) bond motifs is 1. The molecule has 18 heavy (non-hydrogen) atoms. The van der Waals surface area contributed by atoms with Crippen LogP contribution in [0.1, 0.15) is 19.8 Å². The molecule has 2 rings (SSSR count). The molecule has 1 aliphatic rings. The molecule has 1 aromatic carbocycles. The van der Waals surface area contributed by atoms with E-state index in [4.69, 9.17) is 21.1 Å². The van der Waals surface area contributed by atoms with Gasteiger partial charge in [-0.2, -0.15) is 0 Å². The van der Waals surface area contributed by atoms with Crippen molar-refractivity contribution in [2.24, 2.45) is 0 Å². The molecule has 1 aromatic rings. The van der Waals surface area contributed by atoms with Gasteiger partial charge in [0, 0.05) is 18.2 Å². The van der Waals surface area contributed by atoms with E-state index in [1.807, 2.05) is 12.1 Å². The minimum absolute atomic E-state index is 0.336. The first-order valence-electron chi connectivity index (χ1n) is 6.17. The Balaban J connectivity index is 2.10. The number of hydrogen-bond acceptors (Lipinski definition) is 3. The predicted octanol–water partition coefficient (Wildman–Crippen LogP) is 3.88. The van der Waals surface area contributed by atoms with Crippen LogP contribution in [0.3, 0.4) is 0 Å². The van der Waals surface area contributed by atoms with Crippen molar-refractivity contribution in [3.63, 3.8) is 0 Å². The average Bonchev–Trinajstić information content (AvgIpc) is 2.37. The van der Waals surface area contributed by atoms with Crippen molar-refractivity contribution in [3.8, 4) is 11.5 Å². The Bertz CT molecular complexity index is 434. The van der Waals surface area contributed by atoms with Gasteiger partial charge in [0.15, 0.2) is 11.5 Å². The summed E-state index contributed by atoms with van der Waals surface area (Å²) in [5, 5.41) is 4.04. The van der Waals surface area contributed by atoms with Gasteiger partial charge in [-0.15, -0.1) is 6.58 Å². The summed E-state index contributed by atoms with van der Waals surface area (Å²) in [6.45, 7) is 7.00. The van der Waals surface area contributed by atoms with Gasteiger partial charge >= 0.3 is 0 Å². The molecular formula is C14H18ClNO2. The van der Waals surface area contributed by atoms with E-state index >= 15 is 0 Å². The van der Waals surface area contributed by atoms with Crippen molar-refractivity contribution >= 4 is 17.3 Å². The molecule has 1 aliphatic heterocycles. The maximum Gasteiger partial charge on any atom is 0.163 e. The number of nitrogens with one attached hydrogen (secondary N) is 1. The van der Waals surface area contributed by atoms with Gasteiger partial charge in [-0.05, 0) is 19.8 Å². The van der Waals surface area contributed by atoms with Gasteiger partial charge in [0.2, 0.25) is 0 Å². The zero-order valence-electron chi connectivity index (χ0n) is 10.5. The minimum Gasteiger partial charge on any atom is -0.486 e. The molecule has 0 amide bonds. The summed E-state index contributed by atoms with van der Waals surface area (Å²) in [6, 6.07) is 4.04. The predicted molar refractivity (Wildman–Crippen MR) is 75.0 cm³/mol. The minimum atomic E-state index is 0.336. The van der Waals surface area contributed by atoms with E-state index in [9.17, 15) is 0 Å². The van der Waals surface area contributed by atoms with Crippen LogP contribution in [-0.2, 0) is 0 Å². The van der Waals surface area contributed by atoms with Gasteiger partial charge in [-0.25, -0.2) is 0 Å². The molecule has 0 radical (unpaired) electrons. The molecule has 1 atom stereocenters. The van der Waals surface area contributed by atoms with Crippen LogP contribution in [0.25, 0.3) is 0 Å². The second-order valence-corrected chi connectivity index (χ2v) is 4.79. The van der Waals surface area contributed by atoms with Crippen molar-refractivity contribution in [3.05, 3.63) is 29.8 Å². The molecule has 98 valence electrons. The lowest BCUT2D eigenvalue weighted by Gasteiger charge is -2.21. The average molecular weight is 268 g/mol. The molecule has 4 heteroatoms. The molecule has 0 aromatic heterocycles. The normalized spacial score (nSPS) is 15.0. The van der Waals surface area contributed by atoms with E-state index in [0.29, 0.717) is 24.3 Å². The van der Waals surface area contributed by atoms with Crippen molar-refractivity contribution < 1.29 is 9.47 Å². The Kier molecular flexibility index (Phi) is 4.37. The fourth-order valence-corrected chi connectivity index (χ4v) is 2.09. The molecule has 1 unspecified atom stereocenters. The standard InChI is InChI=1S/C14H18ClNO2/c1-3-4-5-10(2)16-12-9-14-13(8-11(12)15)17-6-7-18-14/h3,8-10,16H,1,4-7H2,2H3. The highest BCUT2D eigenvalue weighted by Gasteiger charge is 2.15. The second-order valence-electron chi connectivity index (χ2n) is 4.39. The zero-order valence-corrected chi connectivity index (χ0v) is 11.3. The summed E-state index contributed by atoms with van der Waals surface area (Å²) >= 11 is 6.22. The van der Waals surface area contributed by atoms with Crippen molar-refractivity contribution in [1.82, 2.24) is 0 Å². The van der Waals surface area contributed by atoms with Gasteiger partial charge in [0.25, 0.3) is 0 Å². The maximum absolute atomic E-state index is 6.22. The third-order valence-electron chi connectivity index (χ3n) is 2.84. The topological polar surface area (TPSA) is 30.5 Å². The van der Waals surface area contributed by atoms with Crippen LogP contribution in [0.15, 0.2) is 24.8 Å². The monoisotopic (exact) mass is 267 g/mol. The summed E-state index contributed by atoms with van der Waals surface area (Å²) in [6.07, 6.45) is 3.92. The zero-order chi connectivity index (χ0) is 13.0. The number of anilines is 1. The fraction of sp³-hybridized carbons (Fsp3) is 0.429. The molecule has 0 saturated heterocycles. The molecule has 0 saturated carbocycles. The largest absolute Gasteiger partial charge is 0.486 e. The Hall–Kier alpha value is -1.35. The molecule has 0 bridgehead atoms. The Morgan fingerprint density at radius 2 is 2.06 bits per heavy atom. The Morgan fingerprint density at radius 3 is 2.72 bits per heavy atom. The van der Waals surface area contributed by atoms with E-state index in [1.165, 1.54) is 0 Å². The summed E-state index contributed by atoms with van der Waals surface area (Å²) in [5.41, 5.74) is 0.887. The van der Waals surface area contributed by atoms with E-state index in [1.54, 1.807) is 6.07 Å². The fourth-order valence-electron chi connectivity index (χ4n) is 1.88. The number of rotatable bonds is 5. The second kappa shape index (κ2) is 6.01. The maximum atomic E-state index is 6.22. The highest BCUT2D eigenvalue weighted by atomic mass is 35.5. The molecule has 3 nitrogen and oxygen atoms in total. The van der Waals surface area contributed by atoms with Gasteiger partial charge in [-0.3, -0.25) is 0 Å². The Labute approximate surface area is 113 Å². The number of benzene rings is 1. The highest BCUT2D eigenvalue weighted by Crippen LogP contribution is 2.38. The van der Waals surface area contributed by atoms with Crippen molar-refractivity contribution in [2.45, 2.75) is 25.8 Å². The first-order valence-corrected chi connectivity index (χ1v) is 6.55. The number of ether oxygens (including phenoxy) is 2. The number of hydrogen-bond donors (Lipinski definition) is 1. The third-order valence-corrected chi connectivity index (χ3v) is 3.15. The molecule has 0 fully saturated rings. The van der Waals surface area contributed by atoms with Gasteiger partial charge in [0.1, 0.15) is 13.2 Å². The van der Waals surface area contributed by atoms with Crippen molar-refractivity contribution in [1.29, 1.82) is 0 Å². The molecule has 0 spiro atoms. The van der Waals surface area contributed by atoms with Crippen LogP contribution in [-0.4, -0.2) is 19.3 Å². The van der Waals surface area contributed by atoms with Crippen LogP contribution >= 0.6 is 11.6 Å². The van der Waals surface area contributed by atoms with Crippen LogP contribution in [0.5, 0.6) is 11.5 Å². The van der Waals surface area contributed by atoms with Gasteiger partial charge in [-0.1, -0.05) is 17.7 Å². The molecule has 1 heterocycles. The number of halogens is 1. The van der Waals surface area contributed by atoms with Gasteiger partial charge < -0.3 is 14.8 Å². The van der Waals surface area contributed by atoms with E-state index in [0.717, 1.165) is 30.0 Å². The molecular weight excluding hydrogens is 250 g/mol. The smallest absolute Gasteiger partial charge is 0.163 e. The Morgan fingerprint density at radius 1 is 1.39 bits per heavy atom. The quantitative estimate of drug-likeness (QED) is 0.822. The first-order chi connectivity index (χ1) is 8.70. The summed E-state index contributed by atoms with van der Waals surface area (Å²) in [5.74, 6) is 1.47. The van der Waals surface area contributed by atoms with E-state index in [-0.39, 0.29) is 0 Å². The summed E-state index contributed by atoms with van der Waals surface area (Å²) in [7, 11) is 0. The lowest BCUT2D eigenvalue weighted by molar-refractivity contribution is 0.171. The van der Waals surface area contributed by atoms with Crippen LogP contribution < -0.4 is 14.8 Å². The third kappa shape index (κ3) is 3.10. The lowest BCUT2D eigenvalue weighted by atomic mass is 10.1. The van der Waals surface area contributed by atoms with Crippen LogP contribution in [0, 0.1) is 0 Å². The van der Waals surface area contributed by atoms with Gasteiger partial charge in [0.05, 0.1) is 10.7 Å². The van der Waals surface area contributed by atoms with Crippen LogP contribution in [0.2, 0.25) is 5.02 Å². The first kappa shape index (κ1) is 13.1. The highest BCUT2D eigenvalue weighted by molar-refractivity contribution is 6.33. The van der Waals surface area contributed by atoms with E-state index < -0.39 is 0 Å². The van der Waals surface area contributed by atoms with E-state index in [2.05, 4.69) is 18.8 Å².